The molecule has 0 saturated carbocycles. The Morgan fingerprint density at radius 3 is 1.23 bits per heavy atom. The maximum Gasteiger partial charge on any atom is 0.252 e. The Morgan fingerprint density at radius 1 is 0.286 bits per heavy atom. The zero-order chi connectivity index (χ0) is 66.6. The first-order chi connectivity index (χ1) is 47.8. The lowest BCUT2D eigenvalue weighted by molar-refractivity contribution is 0.979. The van der Waals surface area contributed by atoms with E-state index in [1.807, 2.05) is 0 Å². The quantitative estimate of drug-likeness (QED) is 0.120. The Labute approximate surface area is 577 Å². The summed E-state index contributed by atoms with van der Waals surface area (Å²) in [4.78, 5) is 5.39. The fraction of sp³-hybridized carbons (Fsp3) is 0.106. The molecule has 0 unspecified atom stereocenters. The molecule has 2 aliphatic rings. The Bertz CT molecular complexity index is 5490. The summed E-state index contributed by atoms with van der Waals surface area (Å²) in [6, 6.07) is 109. The smallest absolute Gasteiger partial charge is 0.252 e. The fourth-order valence-corrected chi connectivity index (χ4v) is 16.9. The van der Waals surface area contributed by atoms with E-state index in [2.05, 4.69) is 362 Å². The molecule has 0 saturated heterocycles. The van der Waals surface area contributed by atoms with Crippen molar-refractivity contribution in [1.82, 2.24) is 4.57 Å². The molecule has 0 amide bonds. The molecule has 0 bridgehead atoms. The van der Waals surface area contributed by atoms with E-state index in [9.17, 15) is 0 Å². The van der Waals surface area contributed by atoms with Gasteiger partial charge in [-0.05, 0) is 256 Å². The molecule has 0 spiro atoms. The molecule has 2 aliphatic heterocycles. The summed E-state index contributed by atoms with van der Waals surface area (Å²) in [6.45, 7) is 20.8. The van der Waals surface area contributed by atoms with Gasteiger partial charge >= 0.3 is 0 Å². The molecule has 3 nitrogen and oxygen atoms in total. The van der Waals surface area contributed by atoms with E-state index >= 15 is 0 Å². The number of rotatable bonds is 11. The van der Waals surface area contributed by atoms with E-state index in [0.717, 1.165) is 56.0 Å². The molecule has 0 aliphatic carbocycles. The van der Waals surface area contributed by atoms with Crippen LogP contribution in [0.4, 0.5) is 28.4 Å². The molecule has 0 radical (unpaired) electrons. The van der Waals surface area contributed by atoms with Crippen LogP contribution < -0.4 is 26.2 Å². The first-order valence-corrected chi connectivity index (χ1v) is 34.6. The first kappa shape index (κ1) is 60.2. The third-order valence-electron chi connectivity index (χ3n) is 21.3. The van der Waals surface area contributed by atoms with E-state index < -0.39 is 0 Å². The molecular formula is C94H76BN3. The van der Waals surface area contributed by atoms with Crippen LogP contribution in [0.25, 0.3) is 105 Å². The Kier molecular flexibility index (Phi) is 14.8. The molecule has 4 heteroatoms. The molecule has 1 aromatic heterocycles. The zero-order valence-electron chi connectivity index (χ0n) is 57.3. The predicted octanol–water partition coefficient (Wildman–Crippen LogP) is 23.2. The van der Waals surface area contributed by atoms with Crippen molar-refractivity contribution < 1.29 is 0 Å². The van der Waals surface area contributed by atoms with Gasteiger partial charge in [-0.25, -0.2) is 0 Å². The van der Waals surface area contributed by atoms with Gasteiger partial charge in [0.05, 0.1) is 16.7 Å². The monoisotopic (exact) mass is 1260 g/mol. The van der Waals surface area contributed by atoms with Crippen LogP contribution >= 0.6 is 0 Å². The molecule has 15 aromatic rings. The largest absolute Gasteiger partial charge is 0.338 e. The van der Waals surface area contributed by atoms with Gasteiger partial charge in [-0.3, -0.25) is 0 Å². The van der Waals surface area contributed by atoms with Crippen LogP contribution in [0.5, 0.6) is 0 Å². The summed E-state index contributed by atoms with van der Waals surface area (Å²) in [5.74, 6) is 0. The highest BCUT2D eigenvalue weighted by atomic mass is 15.2. The third-order valence-corrected chi connectivity index (χ3v) is 21.3. The van der Waals surface area contributed by atoms with Crippen LogP contribution in [0.1, 0.15) is 55.6 Å². The molecule has 0 fully saturated rings. The number of aromatic nitrogens is 1. The molecule has 0 N–H and O–H groups in total. The molecule has 98 heavy (non-hydrogen) atoms. The van der Waals surface area contributed by atoms with Crippen LogP contribution in [0.3, 0.4) is 0 Å². The summed E-state index contributed by atoms with van der Waals surface area (Å²) in [6.07, 6.45) is 0. The summed E-state index contributed by atoms with van der Waals surface area (Å²) in [5, 5.41) is 2.45. The van der Waals surface area contributed by atoms with Gasteiger partial charge in [0.1, 0.15) is 0 Å². The van der Waals surface area contributed by atoms with Crippen molar-refractivity contribution in [3.8, 4) is 83.6 Å². The minimum Gasteiger partial charge on any atom is -0.338 e. The van der Waals surface area contributed by atoms with Crippen molar-refractivity contribution in [3.63, 3.8) is 0 Å². The first-order valence-electron chi connectivity index (χ1n) is 34.6. The number of fused-ring (bicyclic) bond motifs is 7. The second kappa shape index (κ2) is 24.0. The average molecular weight is 1260 g/mol. The van der Waals surface area contributed by atoms with Crippen LogP contribution in [-0.4, -0.2) is 11.3 Å². The normalized spacial score (nSPS) is 12.3. The number of anilines is 5. The van der Waals surface area contributed by atoms with Gasteiger partial charge in [0.2, 0.25) is 0 Å². The number of benzene rings is 14. The highest BCUT2D eigenvalue weighted by Gasteiger charge is 2.45. The van der Waals surface area contributed by atoms with Gasteiger partial charge < -0.3 is 14.4 Å². The van der Waals surface area contributed by atoms with E-state index in [-0.39, 0.29) is 6.71 Å². The highest BCUT2D eigenvalue weighted by Crippen LogP contribution is 2.52. The van der Waals surface area contributed by atoms with Crippen LogP contribution in [-0.2, 0) is 6.54 Å². The van der Waals surface area contributed by atoms with E-state index in [1.165, 1.54) is 150 Å². The lowest BCUT2D eigenvalue weighted by Gasteiger charge is -2.45. The minimum absolute atomic E-state index is 0.161. The van der Waals surface area contributed by atoms with E-state index in [0.29, 0.717) is 6.54 Å². The maximum absolute atomic E-state index is 2.70. The van der Waals surface area contributed by atoms with Gasteiger partial charge in [-0.2, -0.15) is 0 Å². The van der Waals surface area contributed by atoms with Crippen LogP contribution in [0, 0.1) is 62.3 Å². The van der Waals surface area contributed by atoms with Gasteiger partial charge in [-0.1, -0.05) is 230 Å². The van der Waals surface area contributed by atoms with Crippen molar-refractivity contribution in [3.05, 3.63) is 341 Å². The Morgan fingerprint density at radius 2 is 0.704 bits per heavy atom. The molecule has 470 valence electrons. The van der Waals surface area contributed by atoms with E-state index in [4.69, 9.17) is 0 Å². The second-order valence-corrected chi connectivity index (χ2v) is 27.7. The second-order valence-electron chi connectivity index (χ2n) is 27.7. The average Bonchev–Trinajstić information content (AvgIpc) is 1.13. The molecular weight excluding hydrogens is 1180 g/mol. The number of hydrogen-bond donors (Lipinski definition) is 0. The minimum atomic E-state index is -0.161. The van der Waals surface area contributed by atoms with Gasteiger partial charge in [0.25, 0.3) is 6.71 Å². The van der Waals surface area contributed by atoms with Crippen molar-refractivity contribution >= 4 is 73.3 Å². The number of nitrogens with zero attached hydrogens (tertiary/aromatic N) is 3. The maximum atomic E-state index is 2.70. The summed E-state index contributed by atoms with van der Waals surface area (Å²) in [7, 11) is 0. The molecule has 3 heterocycles. The van der Waals surface area contributed by atoms with E-state index in [1.54, 1.807) is 0 Å². The van der Waals surface area contributed by atoms with Crippen molar-refractivity contribution in [2.45, 2.75) is 68.9 Å². The molecule has 17 rings (SSSR count). The lowest BCUT2D eigenvalue weighted by Crippen LogP contribution is -2.61. The SMILES string of the molecule is Cc1cccc(-c2cccc(CN3c4cc(-c5c(C)cccc5C)ccc4B4c5ccc(-n6c7ccc(-c8c(C)cccc8C)cc7c7cc(-c8c(C)cccc8C)ccc76)cc5N(c5c(-c6ccccc6)cccc5-c5ccccc5)c5cc(-c6c(C)cccc6C)cc3c54)c2)c1. The summed E-state index contributed by atoms with van der Waals surface area (Å²) >= 11 is 0. The Balaban J connectivity index is 0.996. The fourth-order valence-electron chi connectivity index (χ4n) is 16.9. The van der Waals surface area contributed by atoms with Gasteiger partial charge in [-0.15, -0.1) is 0 Å². The molecule has 14 aromatic carbocycles. The third kappa shape index (κ3) is 10.0. The van der Waals surface area contributed by atoms with Crippen molar-refractivity contribution in [2.24, 2.45) is 0 Å². The topological polar surface area (TPSA) is 11.4 Å². The summed E-state index contributed by atoms with van der Waals surface area (Å²) < 4.78 is 2.56. The van der Waals surface area contributed by atoms with Crippen molar-refractivity contribution in [1.29, 1.82) is 0 Å². The Hall–Kier alpha value is -11.5. The predicted molar refractivity (Wildman–Crippen MR) is 420 cm³/mol. The highest BCUT2D eigenvalue weighted by molar-refractivity contribution is 7.00. The standard InChI is InChI=1S/C94H76BN3/c1-58-23-16-37-70(49-58)71-38-21-32-67(50-71)57-96-85-53-74(91-63(6)28-19-29-64(91)7)41-45-81(85)95-82-46-44-76(97-83-47-42-72(89-59(2)24-17-25-60(89)3)51-79(83)80-52-73(43-48-84(80)97)90-61(4)26-18-27-62(90)5)56-86(82)98(88-55-75(54-87(96)93(88)95)92-65(8)30-20-31-66(92)9)94-77(68-33-12-10-13-34-68)39-22-40-78(94)69-35-14-11-15-36-69/h10-56H,57H2,1-9H3. The van der Waals surface area contributed by atoms with Gasteiger partial charge in [0.15, 0.2) is 0 Å². The lowest BCUT2D eigenvalue weighted by atomic mass is 9.33. The zero-order valence-corrected chi connectivity index (χ0v) is 57.3. The number of aryl methyl sites for hydroxylation is 9. The van der Waals surface area contributed by atoms with Crippen LogP contribution in [0.15, 0.2) is 285 Å². The summed E-state index contributed by atoms with van der Waals surface area (Å²) in [5.41, 5.74) is 42.7. The van der Waals surface area contributed by atoms with Gasteiger partial charge in [0, 0.05) is 56.9 Å². The number of para-hydroxylation sites is 1. The number of hydrogen-bond acceptors (Lipinski definition) is 2. The van der Waals surface area contributed by atoms with Crippen molar-refractivity contribution in [2.75, 3.05) is 9.80 Å². The van der Waals surface area contributed by atoms with Crippen LogP contribution in [0.2, 0.25) is 0 Å². The molecule has 0 atom stereocenters.